The molecule has 0 spiro atoms. The van der Waals surface area contributed by atoms with E-state index in [1.807, 2.05) is 59.1 Å². The molecule has 0 radical (unpaired) electrons. The molecule has 4 aromatic heterocycles. The summed E-state index contributed by atoms with van der Waals surface area (Å²) in [6, 6.07) is 15.7. The first-order valence-electron chi connectivity index (χ1n) is 8.75. The van der Waals surface area contributed by atoms with Crippen molar-refractivity contribution in [2.24, 2.45) is 0 Å². The number of rotatable bonds is 3. The lowest BCUT2D eigenvalue weighted by Crippen LogP contribution is -2.04. The molecule has 0 saturated heterocycles. The standard InChI is InChI=1S/C20H16N8/c1-12-23-18(27-20(21)24-12)17-19(26-16-6-2-3-10-28(16)17)25-14-8-7-13-5-4-9-22-15(13)11-14/h2-11,25H,1H3,(H2,21,23,24,27). The molecule has 0 aliphatic carbocycles. The second kappa shape index (κ2) is 6.27. The number of imidazole rings is 1. The van der Waals surface area contributed by atoms with Crippen LogP contribution >= 0.6 is 0 Å². The van der Waals surface area contributed by atoms with Gasteiger partial charge in [-0.3, -0.25) is 9.38 Å². The topological polar surface area (TPSA) is 107 Å². The van der Waals surface area contributed by atoms with E-state index in [4.69, 9.17) is 10.7 Å². The van der Waals surface area contributed by atoms with E-state index >= 15 is 0 Å². The Morgan fingerprint density at radius 2 is 1.89 bits per heavy atom. The molecule has 1 aromatic carbocycles. The maximum Gasteiger partial charge on any atom is 0.223 e. The molecule has 0 aliphatic heterocycles. The van der Waals surface area contributed by atoms with Crippen LogP contribution in [0.3, 0.4) is 0 Å². The minimum absolute atomic E-state index is 0.175. The Hall–Kier alpha value is -4.07. The van der Waals surface area contributed by atoms with Gasteiger partial charge in [0.1, 0.15) is 17.2 Å². The Bertz CT molecular complexity index is 1300. The molecule has 0 fully saturated rings. The van der Waals surface area contributed by atoms with Crippen LogP contribution in [0.4, 0.5) is 17.5 Å². The first-order chi connectivity index (χ1) is 13.7. The van der Waals surface area contributed by atoms with Gasteiger partial charge in [-0.05, 0) is 37.3 Å². The van der Waals surface area contributed by atoms with Gasteiger partial charge in [0.15, 0.2) is 11.6 Å². The number of benzene rings is 1. The zero-order chi connectivity index (χ0) is 19.1. The number of anilines is 3. The number of aromatic nitrogens is 6. The molecule has 0 aliphatic rings. The van der Waals surface area contributed by atoms with Gasteiger partial charge in [-0.15, -0.1) is 0 Å². The Kier molecular flexibility index (Phi) is 3.61. The van der Waals surface area contributed by atoms with Crippen LogP contribution in [-0.2, 0) is 0 Å². The highest BCUT2D eigenvalue weighted by Crippen LogP contribution is 2.30. The quantitative estimate of drug-likeness (QED) is 0.503. The highest BCUT2D eigenvalue weighted by Gasteiger charge is 2.18. The molecule has 8 nitrogen and oxygen atoms in total. The van der Waals surface area contributed by atoms with E-state index in [1.54, 1.807) is 13.1 Å². The van der Waals surface area contributed by atoms with E-state index in [0.717, 1.165) is 22.2 Å². The summed E-state index contributed by atoms with van der Waals surface area (Å²) in [7, 11) is 0. The van der Waals surface area contributed by atoms with Crippen LogP contribution in [0.1, 0.15) is 5.82 Å². The van der Waals surface area contributed by atoms with E-state index < -0.39 is 0 Å². The highest BCUT2D eigenvalue weighted by molar-refractivity contribution is 5.84. The number of hydrogen-bond donors (Lipinski definition) is 2. The Morgan fingerprint density at radius 1 is 0.964 bits per heavy atom. The van der Waals surface area contributed by atoms with Gasteiger partial charge in [-0.1, -0.05) is 18.2 Å². The number of aryl methyl sites for hydroxylation is 1. The van der Waals surface area contributed by atoms with Gasteiger partial charge >= 0.3 is 0 Å². The fraction of sp³-hybridized carbons (Fsp3) is 0.0500. The molecule has 8 heteroatoms. The van der Waals surface area contributed by atoms with Crippen LogP contribution in [0.2, 0.25) is 0 Å². The summed E-state index contributed by atoms with van der Waals surface area (Å²) in [6.07, 6.45) is 3.69. The molecule has 5 rings (SSSR count). The summed E-state index contributed by atoms with van der Waals surface area (Å²) in [6.45, 7) is 1.78. The van der Waals surface area contributed by atoms with Crippen molar-refractivity contribution in [3.63, 3.8) is 0 Å². The SMILES string of the molecule is Cc1nc(N)nc(-c2c(Nc3ccc4cccnc4c3)nc3ccccn23)n1. The molecule has 28 heavy (non-hydrogen) atoms. The molecule has 0 atom stereocenters. The van der Waals surface area contributed by atoms with E-state index in [-0.39, 0.29) is 5.95 Å². The number of hydrogen-bond acceptors (Lipinski definition) is 7. The largest absolute Gasteiger partial charge is 0.368 e. The summed E-state index contributed by atoms with van der Waals surface area (Å²) in [5.74, 6) is 1.82. The fourth-order valence-corrected chi connectivity index (χ4v) is 3.19. The molecule has 3 N–H and O–H groups in total. The van der Waals surface area contributed by atoms with Gasteiger partial charge < -0.3 is 11.1 Å². The molecule has 0 amide bonds. The van der Waals surface area contributed by atoms with Crippen molar-refractivity contribution in [3.8, 4) is 11.5 Å². The van der Waals surface area contributed by atoms with Crippen LogP contribution in [0.15, 0.2) is 60.9 Å². The van der Waals surface area contributed by atoms with Crippen molar-refractivity contribution < 1.29 is 0 Å². The predicted octanol–water partition coefficient (Wildman–Crippen LogP) is 3.37. The van der Waals surface area contributed by atoms with Gasteiger partial charge in [0.25, 0.3) is 0 Å². The van der Waals surface area contributed by atoms with Crippen LogP contribution in [0, 0.1) is 6.92 Å². The first kappa shape index (κ1) is 16.1. The molecular weight excluding hydrogens is 352 g/mol. The first-order valence-corrected chi connectivity index (χ1v) is 8.75. The fourth-order valence-electron chi connectivity index (χ4n) is 3.19. The summed E-state index contributed by atoms with van der Waals surface area (Å²) in [5, 5.41) is 4.45. The summed E-state index contributed by atoms with van der Waals surface area (Å²) >= 11 is 0. The molecule has 5 aromatic rings. The summed E-state index contributed by atoms with van der Waals surface area (Å²) < 4.78 is 1.93. The van der Waals surface area contributed by atoms with Crippen molar-refractivity contribution in [3.05, 3.63) is 66.7 Å². The molecular formula is C20H16N8. The van der Waals surface area contributed by atoms with E-state index in [1.165, 1.54) is 0 Å². The normalized spacial score (nSPS) is 11.2. The second-order valence-corrected chi connectivity index (χ2v) is 6.34. The van der Waals surface area contributed by atoms with E-state index in [9.17, 15) is 0 Å². The second-order valence-electron chi connectivity index (χ2n) is 6.34. The maximum atomic E-state index is 5.85. The van der Waals surface area contributed by atoms with Crippen molar-refractivity contribution >= 4 is 34.0 Å². The maximum absolute atomic E-state index is 5.85. The van der Waals surface area contributed by atoms with Crippen LogP contribution in [0.25, 0.3) is 28.1 Å². The van der Waals surface area contributed by atoms with Crippen molar-refractivity contribution in [2.45, 2.75) is 6.92 Å². The summed E-state index contributed by atoms with van der Waals surface area (Å²) in [5.41, 5.74) is 9.12. The molecule has 136 valence electrons. The minimum atomic E-state index is 0.175. The number of nitrogen functional groups attached to an aromatic ring is 1. The van der Waals surface area contributed by atoms with Crippen LogP contribution < -0.4 is 11.1 Å². The van der Waals surface area contributed by atoms with Gasteiger partial charge in [-0.25, -0.2) is 9.97 Å². The average Bonchev–Trinajstić information content (AvgIpc) is 3.05. The lowest BCUT2D eigenvalue weighted by molar-refractivity contribution is 0.983. The highest BCUT2D eigenvalue weighted by atomic mass is 15.2. The monoisotopic (exact) mass is 368 g/mol. The number of nitrogens with one attached hydrogen (secondary N) is 1. The number of fused-ring (bicyclic) bond motifs is 2. The van der Waals surface area contributed by atoms with Crippen molar-refractivity contribution in [1.29, 1.82) is 0 Å². The van der Waals surface area contributed by atoms with E-state index in [2.05, 4.69) is 25.3 Å². The zero-order valence-electron chi connectivity index (χ0n) is 15.0. The van der Waals surface area contributed by atoms with Gasteiger partial charge in [0.05, 0.1) is 5.52 Å². The molecule has 0 unspecified atom stereocenters. The lowest BCUT2D eigenvalue weighted by Gasteiger charge is -2.08. The third kappa shape index (κ3) is 2.77. The smallest absolute Gasteiger partial charge is 0.223 e. The van der Waals surface area contributed by atoms with Crippen molar-refractivity contribution in [2.75, 3.05) is 11.1 Å². The predicted molar refractivity (Wildman–Crippen MR) is 108 cm³/mol. The lowest BCUT2D eigenvalue weighted by atomic mass is 10.2. The van der Waals surface area contributed by atoms with Crippen molar-refractivity contribution in [1.82, 2.24) is 29.3 Å². The van der Waals surface area contributed by atoms with Crippen LogP contribution in [0.5, 0.6) is 0 Å². The number of pyridine rings is 2. The number of nitrogens with two attached hydrogens (primary N) is 1. The average molecular weight is 368 g/mol. The molecule has 0 saturated carbocycles. The van der Waals surface area contributed by atoms with Gasteiger partial charge in [0.2, 0.25) is 5.95 Å². The Morgan fingerprint density at radius 3 is 2.79 bits per heavy atom. The van der Waals surface area contributed by atoms with E-state index in [0.29, 0.717) is 23.2 Å². The minimum Gasteiger partial charge on any atom is -0.368 e. The number of nitrogens with zero attached hydrogens (tertiary/aromatic N) is 6. The zero-order valence-corrected chi connectivity index (χ0v) is 15.0. The Balaban J connectivity index is 1.68. The molecule has 4 heterocycles. The van der Waals surface area contributed by atoms with Crippen LogP contribution in [-0.4, -0.2) is 29.3 Å². The Labute approximate surface area is 160 Å². The third-order valence-corrected chi connectivity index (χ3v) is 4.37. The van der Waals surface area contributed by atoms with Gasteiger partial charge in [-0.2, -0.15) is 9.97 Å². The third-order valence-electron chi connectivity index (χ3n) is 4.37. The van der Waals surface area contributed by atoms with Gasteiger partial charge in [0, 0.05) is 23.5 Å². The molecule has 0 bridgehead atoms. The summed E-state index contributed by atoms with van der Waals surface area (Å²) in [4.78, 5) is 22.0.